The van der Waals surface area contributed by atoms with E-state index >= 15 is 0 Å². The van der Waals surface area contributed by atoms with E-state index in [-0.39, 0.29) is 24.9 Å². The van der Waals surface area contributed by atoms with Crippen molar-refractivity contribution in [2.24, 2.45) is 0 Å². The largest absolute Gasteiger partial charge is 0.326 e. The van der Waals surface area contributed by atoms with Gasteiger partial charge in [-0.2, -0.15) is 4.31 Å². The highest BCUT2D eigenvalue weighted by molar-refractivity contribution is 7.88. The lowest BCUT2D eigenvalue weighted by atomic mass is 10.0. The van der Waals surface area contributed by atoms with Crippen molar-refractivity contribution in [3.63, 3.8) is 0 Å². The second-order valence-corrected chi connectivity index (χ2v) is 8.97. The van der Waals surface area contributed by atoms with Gasteiger partial charge >= 0.3 is 0 Å². The molecule has 0 radical (unpaired) electrons. The third-order valence-corrected chi connectivity index (χ3v) is 5.91. The highest BCUT2D eigenvalue weighted by Crippen LogP contribution is 2.23. The van der Waals surface area contributed by atoms with Crippen LogP contribution in [0.4, 0.5) is 5.69 Å². The molecule has 0 saturated carbocycles. The van der Waals surface area contributed by atoms with Gasteiger partial charge in [0.25, 0.3) is 0 Å². The fourth-order valence-electron chi connectivity index (χ4n) is 2.93. The molecular weight excluding hydrogens is 360 g/mol. The summed E-state index contributed by atoms with van der Waals surface area (Å²) in [7, 11) is -3.44. The van der Waals surface area contributed by atoms with Crippen LogP contribution in [0.25, 0.3) is 0 Å². The molecule has 0 aliphatic heterocycles. The zero-order chi connectivity index (χ0) is 20.0. The first-order valence-electron chi connectivity index (χ1n) is 9.10. The van der Waals surface area contributed by atoms with Gasteiger partial charge in [-0.15, -0.1) is 0 Å². The summed E-state index contributed by atoms with van der Waals surface area (Å²) in [6, 6.07) is 16.8. The van der Waals surface area contributed by atoms with Gasteiger partial charge in [-0.25, -0.2) is 8.42 Å². The van der Waals surface area contributed by atoms with E-state index in [2.05, 4.69) is 19.2 Å². The molecule has 1 unspecified atom stereocenters. The number of hydrogen-bond acceptors (Lipinski definition) is 3. The SMILES string of the molecule is CC(C)c1ccc(NC(=O)CCN(C(C)c2ccccc2)S(C)(=O)=O)cc1. The van der Waals surface area contributed by atoms with Crippen molar-refractivity contribution in [3.05, 3.63) is 65.7 Å². The quantitative estimate of drug-likeness (QED) is 0.738. The molecule has 2 aromatic rings. The van der Waals surface area contributed by atoms with Gasteiger partial charge in [0.1, 0.15) is 0 Å². The van der Waals surface area contributed by atoms with Gasteiger partial charge in [-0.3, -0.25) is 4.79 Å². The number of sulfonamides is 1. The molecule has 27 heavy (non-hydrogen) atoms. The molecule has 2 rings (SSSR count). The molecule has 6 heteroatoms. The number of benzene rings is 2. The minimum Gasteiger partial charge on any atom is -0.326 e. The van der Waals surface area contributed by atoms with E-state index in [1.54, 1.807) is 0 Å². The third-order valence-electron chi connectivity index (χ3n) is 4.56. The van der Waals surface area contributed by atoms with Crippen molar-refractivity contribution in [1.29, 1.82) is 0 Å². The molecule has 1 N–H and O–H groups in total. The molecule has 0 fully saturated rings. The van der Waals surface area contributed by atoms with Gasteiger partial charge in [0.15, 0.2) is 0 Å². The Morgan fingerprint density at radius 2 is 1.56 bits per heavy atom. The molecule has 0 aromatic heterocycles. The fourth-order valence-corrected chi connectivity index (χ4v) is 4.05. The van der Waals surface area contributed by atoms with Gasteiger partial charge in [0.2, 0.25) is 15.9 Å². The number of amides is 1. The number of rotatable bonds is 8. The number of anilines is 1. The van der Waals surface area contributed by atoms with Gasteiger partial charge in [-0.05, 0) is 36.1 Å². The van der Waals surface area contributed by atoms with E-state index in [1.807, 2.05) is 61.5 Å². The Balaban J connectivity index is 2.01. The predicted molar refractivity (Wildman–Crippen MR) is 110 cm³/mol. The molecule has 1 amide bonds. The zero-order valence-electron chi connectivity index (χ0n) is 16.3. The molecule has 146 valence electrons. The summed E-state index contributed by atoms with van der Waals surface area (Å²) in [4.78, 5) is 12.3. The van der Waals surface area contributed by atoms with E-state index in [0.29, 0.717) is 11.6 Å². The van der Waals surface area contributed by atoms with Crippen LogP contribution in [0.3, 0.4) is 0 Å². The lowest BCUT2D eigenvalue weighted by Gasteiger charge is -2.27. The maximum absolute atomic E-state index is 12.3. The second-order valence-electron chi connectivity index (χ2n) is 7.04. The van der Waals surface area contributed by atoms with Gasteiger partial charge in [-0.1, -0.05) is 56.3 Å². The van der Waals surface area contributed by atoms with Crippen LogP contribution >= 0.6 is 0 Å². The Bertz CT molecular complexity index is 847. The third kappa shape index (κ3) is 6.19. The first kappa shape index (κ1) is 21.1. The van der Waals surface area contributed by atoms with Crippen molar-refractivity contribution in [2.75, 3.05) is 18.1 Å². The summed E-state index contributed by atoms with van der Waals surface area (Å²) in [6.07, 6.45) is 1.27. The minimum absolute atomic E-state index is 0.0934. The smallest absolute Gasteiger partial charge is 0.225 e. The maximum Gasteiger partial charge on any atom is 0.225 e. The van der Waals surface area contributed by atoms with Gasteiger partial charge in [0.05, 0.1) is 6.26 Å². The Labute approximate surface area is 162 Å². The molecular formula is C21H28N2O3S. The molecule has 0 bridgehead atoms. The summed E-state index contributed by atoms with van der Waals surface area (Å²) >= 11 is 0. The van der Waals surface area contributed by atoms with Crippen molar-refractivity contribution < 1.29 is 13.2 Å². The highest BCUT2D eigenvalue weighted by Gasteiger charge is 2.25. The van der Waals surface area contributed by atoms with Crippen LogP contribution < -0.4 is 5.32 Å². The number of nitrogens with zero attached hydrogens (tertiary/aromatic N) is 1. The summed E-state index contributed by atoms with van der Waals surface area (Å²) in [5.41, 5.74) is 2.81. The summed E-state index contributed by atoms with van der Waals surface area (Å²) in [6.45, 7) is 6.19. The van der Waals surface area contributed by atoms with Gasteiger partial charge < -0.3 is 5.32 Å². The molecule has 0 heterocycles. The monoisotopic (exact) mass is 388 g/mol. The predicted octanol–water partition coefficient (Wildman–Crippen LogP) is 4.16. The zero-order valence-corrected chi connectivity index (χ0v) is 17.2. The standard InChI is InChI=1S/C21H28N2O3S/c1-16(2)18-10-12-20(13-11-18)22-21(24)14-15-23(27(4,25)26)17(3)19-8-6-5-7-9-19/h5-13,16-17H,14-15H2,1-4H3,(H,22,24). The van der Waals surface area contributed by atoms with Crippen LogP contribution in [0.2, 0.25) is 0 Å². The van der Waals surface area contributed by atoms with Crippen LogP contribution in [0.1, 0.15) is 50.3 Å². The summed E-state index contributed by atoms with van der Waals surface area (Å²) < 4.78 is 25.8. The second kappa shape index (κ2) is 9.15. The van der Waals surface area contributed by atoms with Crippen molar-refractivity contribution in [1.82, 2.24) is 4.31 Å². The minimum atomic E-state index is -3.44. The van der Waals surface area contributed by atoms with Crippen LogP contribution in [0, 0.1) is 0 Å². The topological polar surface area (TPSA) is 66.5 Å². The highest BCUT2D eigenvalue weighted by atomic mass is 32.2. The fraction of sp³-hybridized carbons (Fsp3) is 0.381. The molecule has 0 saturated heterocycles. The van der Waals surface area contributed by atoms with Crippen molar-refractivity contribution in [2.45, 2.75) is 39.2 Å². The first-order valence-corrected chi connectivity index (χ1v) is 10.9. The molecule has 2 aromatic carbocycles. The van der Waals surface area contributed by atoms with Crippen LogP contribution in [0.15, 0.2) is 54.6 Å². The molecule has 0 aliphatic rings. The first-order chi connectivity index (χ1) is 12.7. The van der Waals surface area contributed by atoms with E-state index in [4.69, 9.17) is 0 Å². The van der Waals surface area contributed by atoms with E-state index in [1.165, 1.54) is 16.1 Å². The Hall–Kier alpha value is -2.18. The average molecular weight is 389 g/mol. The van der Waals surface area contributed by atoms with Crippen LogP contribution in [-0.4, -0.2) is 31.4 Å². The molecule has 0 aliphatic carbocycles. The number of carbonyl (C=O) groups is 1. The Kier molecular flexibility index (Phi) is 7.16. The van der Waals surface area contributed by atoms with Crippen LogP contribution in [0.5, 0.6) is 0 Å². The molecule has 5 nitrogen and oxygen atoms in total. The van der Waals surface area contributed by atoms with Crippen LogP contribution in [-0.2, 0) is 14.8 Å². The van der Waals surface area contributed by atoms with E-state index < -0.39 is 10.0 Å². The number of nitrogens with one attached hydrogen (secondary N) is 1. The van der Waals surface area contributed by atoms with Gasteiger partial charge in [0, 0.05) is 24.7 Å². The van der Waals surface area contributed by atoms with E-state index in [0.717, 1.165) is 5.56 Å². The van der Waals surface area contributed by atoms with Crippen molar-refractivity contribution in [3.8, 4) is 0 Å². The number of carbonyl (C=O) groups excluding carboxylic acids is 1. The normalized spacial score (nSPS) is 13.0. The van der Waals surface area contributed by atoms with E-state index in [9.17, 15) is 13.2 Å². The summed E-state index contributed by atoms with van der Waals surface area (Å²) in [5, 5.41) is 2.83. The average Bonchev–Trinajstić information content (AvgIpc) is 2.61. The summed E-state index contributed by atoms with van der Waals surface area (Å²) in [5.74, 6) is 0.221. The molecule has 0 spiro atoms. The van der Waals surface area contributed by atoms with Crippen molar-refractivity contribution >= 4 is 21.6 Å². The lowest BCUT2D eigenvalue weighted by Crippen LogP contribution is -2.35. The lowest BCUT2D eigenvalue weighted by molar-refractivity contribution is -0.116. The molecule has 1 atom stereocenters. The number of hydrogen-bond donors (Lipinski definition) is 1. The Morgan fingerprint density at radius 3 is 2.07 bits per heavy atom. The maximum atomic E-state index is 12.3. The Morgan fingerprint density at radius 1 is 0.963 bits per heavy atom.